The van der Waals surface area contributed by atoms with Gasteiger partial charge >= 0.3 is 0 Å². The number of ether oxygens (including phenoxy) is 1. The zero-order valence-electron chi connectivity index (χ0n) is 19.0. The molecule has 0 aromatic carbocycles. The van der Waals surface area contributed by atoms with Gasteiger partial charge in [-0.15, -0.1) is 0 Å². The van der Waals surface area contributed by atoms with Crippen molar-refractivity contribution in [2.45, 2.75) is 124 Å². The van der Waals surface area contributed by atoms with Crippen LogP contribution in [-0.2, 0) is 4.74 Å². The number of hydrogen-bond donors (Lipinski definition) is 0. The lowest BCUT2D eigenvalue weighted by molar-refractivity contribution is -0.122. The molecule has 0 saturated heterocycles. The number of rotatable bonds is 12. The van der Waals surface area contributed by atoms with Crippen molar-refractivity contribution in [3.8, 4) is 0 Å². The van der Waals surface area contributed by atoms with E-state index in [9.17, 15) is 8.78 Å². The maximum Gasteiger partial charge on any atom is 0.158 e. The first-order valence-corrected chi connectivity index (χ1v) is 11.6. The minimum atomic E-state index is -1.48. The first-order valence-electron chi connectivity index (χ1n) is 11.6. The third-order valence-electron chi connectivity index (χ3n) is 6.86. The highest BCUT2D eigenvalue weighted by Gasteiger charge is 2.44. The maximum absolute atomic E-state index is 14.6. The summed E-state index contributed by atoms with van der Waals surface area (Å²) in [6.45, 7) is 15.1. The Kier molecular flexibility index (Phi) is 11.4. The number of unbranched alkanes of at least 4 members (excludes halogenated alkanes) is 1. The molecule has 1 nitrogen and oxygen atoms in total. The van der Waals surface area contributed by atoms with Crippen LogP contribution in [0.15, 0.2) is 0 Å². The van der Waals surface area contributed by atoms with E-state index in [0.717, 1.165) is 31.1 Å². The van der Waals surface area contributed by atoms with Gasteiger partial charge in [-0.25, -0.2) is 8.78 Å². The van der Waals surface area contributed by atoms with Crippen LogP contribution in [0, 0.1) is 29.6 Å². The fraction of sp³-hybridized carbons (Fsp3) is 1.00. The molecule has 3 heteroatoms. The van der Waals surface area contributed by atoms with Crippen LogP contribution in [0.2, 0.25) is 0 Å². The highest BCUT2D eigenvalue weighted by molar-refractivity contribution is 4.93. The van der Waals surface area contributed by atoms with Crippen LogP contribution in [0.3, 0.4) is 0 Å². The summed E-state index contributed by atoms with van der Waals surface area (Å²) in [5, 5.41) is 0. The second-order valence-electron chi connectivity index (χ2n) is 9.87. The lowest BCUT2D eigenvalue weighted by Crippen LogP contribution is -2.48. The third-order valence-corrected chi connectivity index (χ3v) is 6.86. The van der Waals surface area contributed by atoms with Crippen LogP contribution in [0.25, 0.3) is 0 Å². The molecule has 1 rings (SSSR count). The summed E-state index contributed by atoms with van der Waals surface area (Å²) >= 11 is 0. The largest absolute Gasteiger partial charge is 0.372 e. The van der Waals surface area contributed by atoms with Gasteiger partial charge in [-0.1, -0.05) is 73.1 Å². The Morgan fingerprint density at radius 3 is 2.11 bits per heavy atom. The molecule has 0 aliphatic heterocycles. The fourth-order valence-corrected chi connectivity index (χ4v) is 4.58. The van der Waals surface area contributed by atoms with E-state index >= 15 is 0 Å². The van der Waals surface area contributed by atoms with E-state index in [-0.39, 0.29) is 17.9 Å². The van der Waals surface area contributed by atoms with Crippen LogP contribution in [-0.4, -0.2) is 24.6 Å². The Morgan fingerprint density at radius 1 is 0.889 bits per heavy atom. The Hall–Kier alpha value is -0.180. The summed E-state index contributed by atoms with van der Waals surface area (Å²) < 4.78 is 34.9. The lowest BCUT2D eigenvalue weighted by Gasteiger charge is -2.40. The van der Waals surface area contributed by atoms with Crippen molar-refractivity contribution < 1.29 is 13.5 Å². The normalized spacial score (nSPS) is 32.4. The molecular formula is C24H46F2O. The molecule has 0 amide bonds. The Morgan fingerprint density at radius 2 is 1.52 bits per heavy atom. The average molecular weight is 389 g/mol. The highest BCUT2D eigenvalue weighted by Crippen LogP contribution is 2.39. The summed E-state index contributed by atoms with van der Waals surface area (Å²) in [5.41, 5.74) is 0. The molecule has 27 heavy (non-hydrogen) atoms. The maximum atomic E-state index is 14.6. The molecule has 1 saturated carbocycles. The molecule has 0 spiro atoms. The smallest absolute Gasteiger partial charge is 0.158 e. The predicted octanol–water partition coefficient (Wildman–Crippen LogP) is 7.77. The van der Waals surface area contributed by atoms with E-state index in [1.165, 1.54) is 32.1 Å². The molecule has 162 valence electrons. The van der Waals surface area contributed by atoms with E-state index in [0.29, 0.717) is 5.92 Å². The quantitative estimate of drug-likeness (QED) is 0.332. The highest BCUT2D eigenvalue weighted by atomic mass is 19.2. The third kappa shape index (κ3) is 8.38. The Labute approximate surface area is 168 Å². The second-order valence-corrected chi connectivity index (χ2v) is 9.87. The van der Waals surface area contributed by atoms with Crippen LogP contribution in [0.1, 0.15) is 99.8 Å². The van der Waals surface area contributed by atoms with Gasteiger partial charge in [-0.3, -0.25) is 0 Å². The number of alkyl halides is 2. The summed E-state index contributed by atoms with van der Waals surface area (Å²) in [5.74, 6) is 2.08. The zero-order valence-corrected chi connectivity index (χ0v) is 19.0. The van der Waals surface area contributed by atoms with E-state index in [4.69, 9.17) is 4.74 Å². The van der Waals surface area contributed by atoms with Gasteiger partial charge in [0.2, 0.25) is 0 Å². The van der Waals surface area contributed by atoms with Gasteiger partial charge in [0.1, 0.15) is 6.17 Å². The zero-order chi connectivity index (χ0) is 20.6. The molecule has 0 N–H and O–H groups in total. The van der Waals surface area contributed by atoms with Crippen LogP contribution in [0.5, 0.6) is 0 Å². The molecule has 0 radical (unpaired) electrons. The van der Waals surface area contributed by atoms with E-state index in [1.54, 1.807) is 0 Å². The molecule has 1 fully saturated rings. The average Bonchev–Trinajstić information content (AvgIpc) is 2.62. The van der Waals surface area contributed by atoms with Crippen molar-refractivity contribution >= 4 is 0 Å². The van der Waals surface area contributed by atoms with Crippen molar-refractivity contribution in [2.24, 2.45) is 29.6 Å². The first-order chi connectivity index (χ1) is 12.7. The van der Waals surface area contributed by atoms with Crippen LogP contribution in [0.4, 0.5) is 8.78 Å². The van der Waals surface area contributed by atoms with Gasteiger partial charge in [0.15, 0.2) is 6.17 Å². The molecule has 1 aliphatic rings. The Balaban J connectivity index is 2.37. The minimum Gasteiger partial charge on any atom is -0.372 e. The molecular weight excluding hydrogens is 342 g/mol. The predicted molar refractivity (Wildman–Crippen MR) is 113 cm³/mol. The standard InChI is InChI=1S/C24H46F2O/c1-8-9-10-18(5)19(6)13-11-17(4)12-14-21-15-20(7)24(27-16(2)3)23(26)22(21)25/h16-24H,8-15H2,1-7H3. The second kappa shape index (κ2) is 12.4. The summed E-state index contributed by atoms with van der Waals surface area (Å²) in [7, 11) is 0. The van der Waals surface area contributed by atoms with Crippen LogP contribution < -0.4 is 0 Å². The topological polar surface area (TPSA) is 9.23 Å². The molecule has 1 aliphatic carbocycles. The molecule has 0 bridgehead atoms. The van der Waals surface area contributed by atoms with Gasteiger partial charge < -0.3 is 4.74 Å². The van der Waals surface area contributed by atoms with Crippen LogP contribution >= 0.6 is 0 Å². The van der Waals surface area contributed by atoms with E-state index in [1.807, 2.05) is 20.8 Å². The summed E-state index contributed by atoms with van der Waals surface area (Å²) in [6.07, 6.45) is 5.46. The summed E-state index contributed by atoms with van der Waals surface area (Å²) in [4.78, 5) is 0. The molecule has 0 aromatic heterocycles. The molecule has 8 unspecified atom stereocenters. The van der Waals surface area contributed by atoms with E-state index in [2.05, 4.69) is 27.7 Å². The van der Waals surface area contributed by atoms with Gasteiger partial charge in [-0.2, -0.15) is 0 Å². The molecule has 8 atom stereocenters. The van der Waals surface area contributed by atoms with Gasteiger partial charge in [0, 0.05) is 0 Å². The summed E-state index contributed by atoms with van der Waals surface area (Å²) in [6, 6.07) is 0. The van der Waals surface area contributed by atoms with Crippen molar-refractivity contribution in [3.63, 3.8) is 0 Å². The molecule has 0 heterocycles. The van der Waals surface area contributed by atoms with Gasteiger partial charge in [0.05, 0.1) is 12.2 Å². The first kappa shape index (κ1) is 24.9. The fourth-order valence-electron chi connectivity index (χ4n) is 4.58. The number of hydrogen-bond acceptors (Lipinski definition) is 1. The van der Waals surface area contributed by atoms with E-state index < -0.39 is 18.4 Å². The van der Waals surface area contributed by atoms with Crippen molar-refractivity contribution in [3.05, 3.63) is 0 Å². The van der Waals surface area contributed by atoms with Crippen molar-refractivity contribution in [1.29, 1.82) is 0 Å². The number of halogens is 2. The van der Waals surface area contributed by atoms with Crippen molar-refractivity contribution in [2.75, 3.05) is 0 Å². The SMILES string of the molecule is CCCCC(C)C(C)CCC(C)CCC1CC(C)C(OC(C)C)C(F)C1F. The molecule has 0 aromatic rings. The monoisotopic (exact) mass is 388 g/mol. The lowest BCUT2D eigenvalue weighted by atomic mass is 9.75. The van der Waals surface area contributed by atoms with Gasteiger partial charge in [0.25, 0.3) is 0 Å². The Bertz CT molecular complexity index is 387. The van der Waals surface area contributed by atoms with Crippen molar-refractivity contribution in [1.82, 2.24) is 0 Å². The van der Waals surface area contributed by atoms with Gasteiger partial charge in [-0.05, 0) is 56.3 Å². The minimum absolute atomic E-state index is 0.0545.